The maximum absolute atomic E-state index is 14.9. The average molecular weight is 465 g/mol. The van der Waals surface area contributed by atoms with Crippen LogP contribution in [0.25, 0.3) is 22.4 Å². The molecule has 7 nitrogen and oxygen atoms in total. The summed E-state index contributed by atoms with van der Waals surface area (Å²) >= 11 is 5.98. The van der Waals surface area contributed by atoms with Crippen LogP contribution in [0, 0.1) is 19.7 Å². The molecule has 33 heavy (non-hydrogen) atoms. The second kappa shape index (κ2) is 7.81. The Morgan fingerprint density at radius 3 is 2.70 bits per heavy atom. The molecule has 2 atom stereocenters. The number of aromatic nitrogens is 6. The van der Waals surface area contributed by atoms with Crippen molar-refractivity contribution in [1.29, 1.82) is 0 Å². The van der Waals surface area contributed by atoms with Gasteiger partial charge < -0.3 is 4.74 Å². The molecule has 0 amide bonds. The van der Waals surface area contributed by atoms with Crippen molar-refractivity contribution in [2.45, 2.75) is 51.2 Å². The molecule has 0 unspecified atom stereocenters. The van der Waals surface area contributed by atoms with Gasteiger partial charge in [0.25, 0.3) is 0 Å². The summed E-state index contributed by atoms with van der Waals surface area (Å²) in [6, 6.07) is 5.08. The number of hydrogen-bond acceptors (Lipinski definition) is 6. The second-order valence-electron chi connectivity index (χ2n) is 8.86. The van der Waals surface area contributed by atoms with Crippen molar-refractivity contribution in [1.82, 2.24) is 29.7 Å². The number of halogens is 2. The van der Waals surface area contributed by atoms with Crippen LogP contribution in [0.3, 0.4) is 0 Å². The first-order chi connectivity index (χ1) is 16.0. The Bertz CT molecular complexity index is 1390. The van der Waals surface area contributed by atoms with Crippen LogP contribution in [0.4, 0.5) is 4.39 Å². The number of fused-ring (bicyclic) bond motifs is 1. The van der Waals surface area contributed by atoms with E-state index in [9.17, 15) is 4.39 Å². The molecule has 168 valence electrons. The van der Waals surface area contributed by atoms with E-state index in [1.807, 2.05) is 24.7 Å². The number of ether oxygens (including phenoxy) is 1. The van der Waals surface area contributed by atoms with Gasteiger partial charge >= 0.3 is 0 Å². The maximum atomic E-state index is 14.9. The number of nitrogens with zero attached hydrogens (tertiary/aromatic N) is 6. The number of hydrogen-bond donors (Lipinski definition) is 0. The highest BCUT2D eigenvalue weighted by Crippen LogP contribution is 2.40. The summed E-state index contributed by atoms with van der Waals surface area (Å²) in [6.45, 7) is 4.23. The SMILES string of the molecule is Cc1nc2nc([C@@H]3CO[C@H](c4cnn(C5CC5)c4)C3)nc(-c3ccc(Cl)cc3F)c2nc1C. The lowest BCUT2D eigenvalue weighted by Gasteiger charge is -2.13. The van der Waals surface area contributed by atoms with Crippen LogP contribution in [0.2, 0.25) is 5.02 Å². The molecule has 4 aromatic rings. The summed E-state index contributed by atoms with van der Waals surface area (Å²) < 4.78 is 23.0. The Morgan fingerprint density at radius 1 is 1.09 bits per heavy atom. The Kier molecular flexibility index (Phi) is 4.88. The molecule has 3 aromatic heterocycles. The fourth-order valence-electron chi connectivity index (χ4n) is 4.28. The lowest BCUT2D eigenvalue weighted by Crippen LogP contribution is -2.09. The van der Waals surface area contributed by atoms with Crippen molar-refractivity contribution >= 4 is 22.8 Å². The molecule has 1 aliphatic heterocycles. The quantitative estimate of drug-likeness (QED) is 0.409. The van der Waals surface area contributed by atoms with Crippen molar-refractivity contribution < 1.29 is 9.13 Å². The van der Waals surface area contributed by atoms with E-state index in [-0.39, 0.29) is 12.0 Å². The van der Waals surface area contributed by atoms with Crippen molar-refractivity contribution in [3.05, 3.63) is 64.2 Å². The predicted molar refractivity (Wildman–Crippen MR) is 122 cm³/mol. The number of aryl methyl sites for hydroxylation is 2. The van der Waals surface area contributed by atoms with Crippen LogP contribution in [-0.4, -0.2) is 36.3 Å². The lowest BCUT2D eigenvalue weighted by molar-refractivity contribution is 0.110. The number of rotatable bonds is 4. The normalized spacial score (nSPS) is 20.6. The molecule has 1 saturated carbocycles. The van der Waals surface area contributed by atoms with Gasteiger partial charge in [0.05, 0.1) is 36.3 Å². The Hall–Kier alpha value is -2.97. The monoisotopic (exact) mass is 464 g/mol. The fraction of sp³-hybridized carbons (Fsp3) is 0.375. The van der Waals surface area contributed by atoms with E-state index in [4.69, 9.17) is 26.3 Å². The standard InChI is InChI=1S/C24H22ClFN6O/c1-12-13(2)29-24-22(28-12)21(18-6-3-16(25)8-19(18)26)30-23(31-24)14-7-20(33-11-14)15-9-27-32(10-15)17-4-5-17/h3,6,8-10,14,17,20H,4-5,7,11H2,1-2H3/t14-,20-/m0/s1. The van der Waals surface area contributed by atoms with Crippen molar-refractivity contribution in [3.8, 4) is 11.3 Å². The Labute approximate surface area is 195 Å². The summed E-state index contributed by atoms with van der Waals surface area (Å²) in [4.78, 5) is 18.8. The third-order valence-electron chi connectivity index (χ3n) is 6.42. The van der Waals surface area contributed by atoms with E-state index in [2.05, 4.69) is 21.3 Å². The molecule has 6 rings (SSSR count). The third-order valence-corrected chi connectivity index (χ3v) is 6.66. The van der Waals surface area contributed by atoms with Crippen molar-refractivity contribution in [2.75, 3.05) is 6.61 Å². The van der Waals surface area contributed by atoms with Crippen LogP contribution in [-0.2, 0) is 4.74 Å². The van der Waals surface area contributed by atoms with Crippen LogP contribution in [0.15, 0.2) is 30.6 Å². The molecule has 1 aliphatic carbocycles. The van der Waals surface area contributed by atoms with Crippen LogP contribution in [0.5, 0.6) is 0 Å². The molecule has 9 heteroatoms. The molecule has 4 heterocycles. The van der Waals surface area contributed by atoms with Crippen molar-refractivity contribution in [3.63, 3.8) is 0 Å². The fourth-order valence-corrected chi connectivity index (χ4v) is 4.44. The van der Waals surface area contributed by atoms with Crippen molar-refractivity contribution in [2.24, 2.45) is 0 Å². The molecule has 1 aromatic carbocycles. The van der Waals surface area contributed by atoms with Gasteiger partial charge in [0.2, 0.25) is 0 Å². The van der Waals surface area contributed by atoms with Crippen LogP contribution >= 0.6 is 11.6 Å². The molecular formula is C24H22ClFN6O. The highest BCUT2D eigenvalue weighted by atomic mass is 35.5. The Balaban J connectivity index is 1.40. The highest BCUT2D eigenvalue weighted by molar-refractivity contribution is 6.30. The van der Waals surface area contributed by atoms with E-state index in [0.717, 1.165) is 23.4 Å². The topological polar surface area (TPSA) is 78.6 Å². The van der Waals surface area contributed by atoms with E-state index in [1.165, 1.54) is 18.9 Å². The summed E-state index contributed by atoms with van der Waals surface area (Å²) in [5.74, 6) is 0.0872. The predicted octanol–water partition coefficient (Wildman–Crippen LogP) is 5.27. The molecular weight excluding hydrogens is 443 g/mol. The molecule has 2 fully saturated rings. The van der Waals surface area contributed by atoms with Gasteiger partial charge in [-0.1, -0.05) is 11.6 Å². The van der Waals surface area contributed by atoms with Gasteiger partial charge in [-0.05, 0) is 51.3 Å². The zero-order chi connectivity index (χ0) is 22.7. The van der Waals surface area contributed by atoms with E-state index in [1.54, 1.807) is 12.1 Å². The smallest absolute Gasteiger partial charge is 0.182 e. The van der Waals surface area contributed by atoms with Gasteiger partial charge in [-0.2, -0.15) is 5.10 Å². The van der Waals surface area contributed by atoms with Gasteiger partial charge in [-0.15, -0.1) is 0 Å². The largest absolute Gasteiger partial charge is 0.373 e. The number of benzene rings is 1. The van der Waals surface area contributed by atoms with Gasteiger partial charge in [0.1, 0.15) is 22.9 Å². The molecule has 2 aliphatic rings. The van der Waals surface area contributed by atoms with Gasteiger partial charge in [0, 0.05) is 28.3 Å². The van der Waals surface area contributed by atoms with Crippen LogP contribution in [0.1, 0.15) is 60.1 Å². The first-order valence-electron chi connectivity index (χ1n) is 11.1. The lowest BCUT2D eigenvalue weighted by atomic mass is 10.0. The highest BCUT2D eigenvalue weighted by Gasteiger charge is 2.33. The minimum atomic E-state index is -0.457. The minimum Gasteiger partial charge on any atom is -0.373 e. The second-order valence-corrected chi connectivity index (χ2v) is 9.30. The molecule has 0 bridgehead atoms. The van der Waals surface area contributed by atoms with Crippen LogP contribution < -0.4 is 0 Å². The van der Waals surface area contributed by atoms with Gasteiger partial charge in [-0.3, -0.25) is 4.68 Å². The summed E-state index contributed by atoms with van der Waals surface area (Å²) in [6.07, 6.45) is 7.00. The summed E-state index contributed by atoms with van der Waals surface area (Å²) in [5.41, 5.74) is 4.28. The summed E-state index contributed by atoms with van der Waals surface area (Å²) in [7, 11) is 0. The molecule has 0 radical (unpaired) electrons. The molecule has 1 saturated heterocycles. The van der Waals surface area contributed by atoms with E-state index >= 15 is 0 Å². The molecule has 0 N–H and O–H groups in total. The molecule has 0 spiro atoms. The maximum Gasteiger partial charge on any atom is 0.182 e. The zero-order valence-corrected chi connectivity index (χ0v) is 19.1. The van der Waals surface area contributed by atoms with E-state index < -0.39 is 5.82 Å². The van der Waals surface area contributed by atoms with Gasteiger partial charge in [0.15, 0.2) is 5.65 Å². The van der Waals surface area contributed by atoms with E-state index in [0.29, 0.717) is 45.9 Å². The first kappa shape index (κ1) is 20.6. The summed E-state index contributed by atoms with van der Waals surface area (Å²) in [5, 5.41) is 4.81. The van der Waals surface area contributed by atoms with Gasteiger partial charge in [-0.25, -0.2) is 24.3 Å². The average Bonchev–Trinajstić information content (AvgIpc) is 3.31. The first-order valence-corrected chi connectivity index (χ1v) is 11.5. The zero-order valence-electron chi connectivity index (χ0n) is 18.3. The third kappa shape index (κ3) is 3.77. The minimum absolute atomic E-state index is 0.0406. The Morgan fingerprint density at radius 2 is 1.91 bits per heavy atom.